The van der Waals surface area contributed by atoms with E-state index in [-0.39, 0.29) is 11.3 Å². The van der Waals surface area contributed by atoms with Gasteiger partial charge in [-0.1, -0.05) is 13.8 Å². The van der Waals surface area contributed by atoms with Crippen LogP contribution in [0.25, 0.3) is 5.76 Å². The molecule has 1 fully saturated rings. The number of hydrogen-bond donors (Lipinski definition) is 1. The summed E-state index contributed by atoms with van der Waals surface area (Å²) in [5, 5.41) is 11.4. The van der Waals surface area contributed by atoms with E-state index >= 15 is 0 Å². The smallest absolute Gasteiger partial charge is 0.295 e. The second-order valence-electron chi connectivity index (χ2n) is 8.31. The number of methoxy groups -OCH3 is 3. The van der Waals surface area contributed by atoms with Crippen LogP contribution in [0.3, 0.4) is 0 Å². The summed E-state index contributed by atoms with van der Waals surface area (Å²) in [7, 11) is 4.64. The van der Waals surface area contributed by atoms with Crippen LogP contribution < -0.4 is 14.2 Å². The lowest BCUT2D eigenvalue weighted by Gasteiger charge is -2.29. The zero-order valence-corrected chi connectivity index (χ0v) is 21.3. The fourth-order valence-electron chi connectivity index (χ4n) is 4.44. The van der Waals surface area contributed by atoms with Crippen molar-refractivity contribution in [1.29, 1.82) is 0 Å². The summed E-state index contributed by atoms with van der Waals surface area (Å²) < 4.78 is 16.2. The molecule has 0 bridgehead atoms. The third-order valence-electron chi connectivity index (χ3n) is 6.52. The Labute approximate surface area is 206 Å². The van der Waals surface area contributed by atoms with Crippen LogP contribution in [0.5, 0.6) is 17.2 Å². The van der Waals surface area contributed by atoms with Crippen molar-refractivity contribution in [1.82, 2.24) is 9.80 Å². The van der Waals surface area contributed by atoms with E-state index in [4.69, 9.17) is 14.2 Å². The van der Waals surface area contributed by atoms with Gasteiger partial charge in [0.2, 0.25) is 0 Å². The van der Waals surface area contributed by atoms with Gasteiger partial charge in [0.05, 0.1) is 32.9 Å². The highest BCUT2D eigenvalue weighted by Crippen LogP contribution is 2.44. The SMILES string of the molecule is CCN(CC)CCN1C(=O)C(=O)/C(=C(/O)c2ccc(OC)cc2C)C1c1ccc(OC)cc1OC. The summed E-state index contributed by atoms with van der Waals surface area (Å²) in [5.41, 5.74) is 1.81. The van der Waals surface area contributed by atoms with Gasteiger partial charge in [-0.3, -0.25) is 9.59 Å². The van der Waals surface area contributed by atoms with E-state index in [0.717, 1.165) is 18.7 Å². The molecule has 0 saturated carbocycles. The van der Waals surface area contributed by atoms with Crippen LogP contribution in [-0.4, -0.2) is 74.1 Å². The fraction of sp³-hybridized carbons (Fsp3) is 0.407. The van der Waals surface area contributed by atoms with Gasteiger partial charge in [-0.15, -0.1) is 0 Å². The van der Waals surface area contributed by atoms with Gasteiger partial charge in [-0.2, -0.15) is 0 Å². The average molecular weight is 483 g/mol. The van der Waals surface area contributed by atoms with Crippen LogP contribution in [0.1, 0.15) is 36.6 Å². The largest absolute Gasteiger partial charge is 0.507 e. The van der Waals surface area contributed by atoms with Crippen molar-refractivity contribution in [2.24, 2.45) is 0 Å². The first-order chi connectivity index (χ1) is 16.8. The molecular formula is C27H34N2O6. The van der Waals surface area contributed by atoms with Crippen LogP contribution in [0.4, 0.5) is 0 Å². The lowest BCUT2D eigenvalue weighted by atomic mass is 9.93. The number of ketones is 1. The lowest BCUT2D eigenvalue weighted by Crippen LogP contribution is -2.38. The predicted octanol–water partition coefficient (Wildman–Crippen LogP) is 3.78. The van der Waals surface area contributed by atoms with Crippen molar-refractivity contribution in [2.45, 2.75) is 26.8 Å². The Balaban J connectivity index is 2.20. The first kappa shape index (κ1) is 26.1. The molecule has 3 rings (SSSR count). The summed E-state index contributed by atoms with van der Waals surface area (Å²) >= 11 is 0. The minimum atomic E-state index is -0.812. The highest BCUT2D eigenvalue weighted by molar-refractivity contribution is 6.46. The van der Waals surface area contributed by atoms with Crippen molar-refractivity contribution in [3.63, 3.8) is 0 Å². The second kappa shape index (κ2) is 11.3. The van der Waals surface area contributed by atoms with E-state index in [1.54, 1.807) is 50.6 Å². The number of carbonyl (C=O) groups excluding carboxylic acids is 2. The van der Waals surface area contributed by atoms with E-state index in [0.29, 0.717) is 41.5 Å². The maximum atomic E-state index is 13.3. The molecular weight excluding hydrogens is 448 g/mol. The Morgan fingerprint density at radius 3 is 2.17 bits per heavy atom. The molecule has 35 heavy (non-hydrogen) atoms. The normalized spacial score (nSPS) is 17.2. The molecule has 8 heteroatoms. The molecule has 1 unspecified atom stereocenters. The highest BCUT2D eigenvalue weighted by Gasteiger charge is 2.47. The number of likely N-dealkylation sites (tertiary alicyclic amines) is 1. The number of aliphatic hydroxyl groups excluding tert-OH is 1. The lowest BCUT2D eigenvalue weighted by molar-refractivity contribution is -0.140. The molecule has 0 radical (unpaired) electrons. The number of Topliss-reactive ketones (excluding diaryl/α,β-unsaturated/α-hetero) is 1. The van der Waals surface area contributed by atoms with Gasteiger partial charge in [0, 0.05) is 30.3 Å². The third-order valence-corrected chi connectivity index (χ3v) is 6.52. The van der Waals surface area contributed by atoms with Crippen molar-refractivity contribution in [2.75, 3.05) is 47.5 Å². The molecule has 1 N–H and O–H groups in total. The van der Waals surface area contributed by atoms with Crippen LogP contribution in [0.15, 0.2) is 42.0 Å². The number of carbonyl (C=O) groups is 2. The molecule has 1 aliphatic heterocycles. The first-order valence-electron chi connectivity index (χ1n) is 11.7. The Hall–Kier alpha value is -3.52. The second-order valence-corrected chi connectivity index (χ2v) is 8.31. The van der Waals surface area contributed by atoms with Gasteiger partial charge in [0.1, 0.15) is 23.0 Å². The Morgan fingerprint density at radius 1 is 0.971 bits per heavy atom. The summed E-state index contributed by atoms with van der Waals surface area (Å²) in [6, 6.07) is 9.59. The quantitative estimate of drug-likeness (QED) is 0.313. The number of amides is 1. The maximum Gasteiger partial charge on any atom is 0.295 e. The summed E-state index contributed by atoms with van der Waals surface area (Å²) in [6.45, 7) is 8.48. The average Bonchev–Trinajstić information content (AvgIpc) is 3.13. The van der Waals surface area contributed by atoms with Crippen LogP contribution in [0, 0.1) is 6.92 Å². The van der Waals surface area contributed by atoms with Crippen molar-refractivity contribution in [3.05, 3.63) is 58.7 Å². The number of nitrogens with zero attached hydrogens (tertiary/aromatic N) is 2. The standard InChI is InChI=1S/C27H34N2O6/c1-7-28(8-2)13-14-29-24(21-12-10-19(34-5)16-22(21)35-6)23(26(31)27(29)32)25(30)20-11-9-18(33-4)15-17(20)3/h9-12,15-16,24,30H,7-8,13-14H2,1-6H3/b25-23+. The fourth-order valence-corrected chi connectivity index (χ4v) is 4.44. The van der Waals surface area contributed by atoms with Gasteiger partial charge in [-0.25, -0.2) is 0 Å². The van der Waals surface area contributed by atoms with Gasteiger partial charge in [-0.05, 0) is 55.9 Å². The van der Waals surface area contributed by atoms with E-state index in [1.807, 2.05) is 20.8 Å². The zero-order chi connectivity index (χ0) is 25.7. The van der Waals surface area contributed by atoms with Gasteiger partial charge < -0.3 is 29.1 Å². The highest BCUT2D eigenvalue weighted by atomic mass is 16.5. The van der Waals surface area contributed by atoms with Gasteiger partial charge in [0.25, 0.3) is 11.7 Å². The van der Waals surface area contributed by atoms with E-state index in [9.17, 15) is 14.7 Å². The Bertz CT molecular complexity index is 1120. The maximum absolute atomic E-state index is 13.3. The topological polar surface area (TPSA) is 88.5 Å². The van der Waals surface area contributed by atoms with Crippen LogP contribution in [-0.2, 0) is 9.59 Å². The molecule has 0 aliphatic carbocycles. The molecule has 2 aromatic carbocycles. The van der Waals surface area contributed by atoms with Gasteiger partial charge in [0.15, 0.2) is 0 Å². The number of aliphatic hydroxyl groups is 1. The number of benzene rings is 2. The van der Waals surface area contributed by atoms with Gasteiger partial charge >= 0.3 is 0 Å². The summed E-state index contributed by atoms with van der Waals surface area (Å²) in [6.07, 6.45) is 0. The van der Waals surface area contributed by atoms with Crippen molar-refractivity contribution >= 4 is 17.4 Å². The van der Waals surface area contributed by atoms with E-state index < -0.39 is 17.7 Å². The van der Waals surface area contributed by atoms with Crippen molar-refractivity contribution < 1.29 is 28.9 Å². The molecule has 0 aromatic heterocycles. The minimum absolute atomic E-state index is 0.0336. The van der Waals surface area contributed by atoms with E-state index in [2.05, 4.69) is 4.90 Å². The molecule has 1 atom stereocenters. The molecule has 1 amide bonds. The number of likely N-dealkylation sites (N-methyl/N-ethyl adjacent to an activating group) is 1. The number of hydrogen-bond acceptors (Lipinski definition) is 7. The number of aryl methyl sites for hydroxylation is 1. The number of rotatable bonds is 10. The molecule has 1 aliphatic rings. The Morgan fingerprint density at radius 2 is 1.60 bits per heavy atom. The minimum Gasteiger partial charge on any atom is -0.507 e. The monoisotopic (exact) mass is 482 g/mol. The Kier molecular flexibility index (Phi) is 8.40. The molecule has 1 heterocycles. The summed E-state index contributed by atoms with van der Waals surface area (Å²) in [5.74, 6) is 0.0785. The zero-order valence-electron chi connectivity index (χ0n) is 21.3. The molecule has 8 nitrogen and oxygen atoms in total. The third kappa shape index (κ3) is 5.12. The molecule has 0 spiro atoms. The molecule has 188 valence electrons. The first-order valence-corrected chi connectivity index (χ1v) is 11.7. The number of ether oxygens (including phenoxy) is 3. The summed E-state index contributed by atoms with van der Waals surface area (Å²) in [4.78, 5) is 30.3. The molecule has 2 aromatic rings. The van der Waals surface area contributed by atoms with Crippen LogP contribution >= 0.6 is 0 Å². The molecule has 1 saturated heterocycles. The predicted molar refractivity (Wildman–Crippen MR) is 134 cm³/mol. The van der Waals surface area contributed by atoms with Crippen molar-refractivity contribution in [3.8, 4) is 17.2 Å². The van der Waals surface area contributed by atoms with Crippen LogP contribution in [0.2, 0.25) is 0 Å². The van der Waals surface area contributed by atoms with E-state index in [1.165, 1.54) is 12.0 Å².